The molecule has 0 amide bonds. The maximum Gasteiger partial charge on any atom is 0.0302 e. The van der Waals surface area contributed by atoms with E-state index in [-0.39, 0.29) is 0 Å². The molecule has 3 atom stereocenters. The molecule has 0 aromatic carbocycles. The summed E-state index contributed by atoms with van der Waals surface area (Å²) in [7, 11) is 0. The van der Waals surface area contributed by atoms with Crippen LogP contribution < -0.4 is 5.32 Å². The minimum absolute atomic E-state index is 0.518. The predicted octanol–water partition coefficient (Wildman–Crippen LogP) is 5.15. The van der Waals surface area contributed by atoms with Crippen molar-refractivity contribution in [3.8, 4) is 0 Å². The van der Waals surface area contributed by atoms with Crippen LogP contribution in [0.15, 0.2) is 16.8 Å². The molecular weight excluding hydrogens is 238 g/mol. The average molecular weight is 265 g/mol. The second kappa shape index (κ2) is 7.30. The molecule has 1 N–H and O–H groups in total. The van der Waals surface area contributed by atoms with E-state index in [2.05, 4.69) is 36.0 Å². The lowest BCUT2D eigenvalue weighted by Crippen LogP contribution is -2.30. The van der Waals surface area contributed by atoms with Gasteiger partial charge in [0.15, 0.2) is 0 Å². The van der Waals surface area contributed by atoms with Crippen molar-refractivity contribution in [2.45, 2.75) is 70.9 Å². The van der Waals surface area contributed by atoms with E-state index in [0.29, 0.717) is 6.04 Å². The van der Waals surface area contributed by atoms with Gasteiger partial charge in [0, 0.05) is 12.1 Å². The summed E-state index contributed by atoms with van der Waals surface area (Å²) in [6.45, 7) is 4.62. The van der Waals surface area contributed by atoms with Crippen LogP contribution >= 0.6 is 11.3 Å². The van der Waals surface area contributed by atoms with Gasteiger partial charge in [0.05, 0.1) is 0 Å². The fourth-order valence-electron chi connectivity index (χ4n) is 3.21. The highest BCUT2D eigenvalue weighted by Crippen LogP contribution is 2.28. The highest BCUT2D eigenvalue weighted by atomic mass is 32.1. The summed E-state index contributed by atoms with van der Waals surface area (Å²) in [5, 5.41) is 8.28. The topological polar surface area (TPSA) is 12.0 Å². The fraction of sp³-hybridized carbons (Fsp3) is 0.750. The van der Waals surface area contributed by atoms with E-state index in [1.54, 1.807) is 11.3 Å². The molecule has 18 heavy (non-hydrogen) atoms. The molecule has 1 aliphatic carbocycles. The van der Waals surface area contributed by atoms with Crippen molar-refractivity contribution in [2.24, 2.45) is 5.92 Å². The van der Waals surface area contributed by atoms with Crippen LogP contribution in [0, 0.1) is 5.92 Å². The van der Waals surface area contributed by atoms with Crippen LogP contribution in [0.4, 0.5) is 0 Å². The smallest absolute Gasteiger partial charge is 0.0302 e. The van der Waals surface area contributed by atoms with Crippen LogP contribution in [-0.2, 0) is 0 Å². The van der Waals surface area contributed by atoms with E-state index < -0.39 is 0 Å². The molecule has 2 heteroatoms. The molecule has 2 rings (SSSR count). The van der Waals surface area contributed by atoms with Gasteiger partial charge in [0.25, 0.3) is 0 Å². The average Bonchev–Trinajstić information content (AvgIpc) is 2.81. The molecule has 0 spiro atoms. The zero-order valence-corrected chi connectivity index (χ0v) is 12.6. The van der Waals surface area contributed by atoms with E-state index in [1.807, 2.05) is 0 Å². The molecule has 1 nitrogen and oxygen atoms in total. The molecule has 0 bridgehead atoms. The molecule has 1 aromatic rings. The minimum Gasteiger partial charge on any atom is -0.307 e. The molecule has 0 aliphatic heterocycles. The molecule has 0 saturated heterocycles. The molecule has 1 heterocycles. The van der Waals surface area contributed by atoms with Crippen molar-refractivity contribution in [1.82, 2.24) is 5.32 Å². The molecule has 1 aliphatic rings. The van der Waals surface area contributed by atoms with Crippen molar-refractivity contribution in [3.05, 3.63) is 22.4 Å². The Morgan fingerprint density at radius 2 is 2.22 bits per heavy atom. The van der Waals surface area contributed by atoms with Crippen LogP contribution in [0.1, 0.15) is 70.4 Å². The number of hydrogen-bond donors (Lipinski definition) is 1. The van der Waals surface area contributed by atoms with Crippen LogP contribution in [0.25, 0.3) is 0 Å². The van der Waals surface area contributed by atoms with Crippen LogP contribution in [0.5, 0.6) is 0 Å². The Kier molecular flexibility index (Phi) is 5.71. The lowest BCUT2D eigenvalue weighted by Gasteiger charge is -2.21. The van der Waals surface area contributed by atoms with Crippen molar-refractivity contribution in [2.75, 3.05) is 0 Å². The van der Waals surface area contributed by atoms with E-state index >= 15 is 0 Å². The van der Waals surface area contributed by atoms with Gasteiger partial charge in [-0.05, 0) is 54.5 Å². The van der Waals surface area contributed by atoms with Crippen molar-refractivity contribution in [3.63, 3.8) is 0 Å². The van der Waals surface area contributed by atoms with Gasteiger partial charge in [-0.3, -0.25) is 0 Å². The number of rotatable bonds is 5. The largest absolute Gasteiger partial charge is 0.307 e. The van der Waals surface area contributed by atoms with E-state index in [1.165, 1.54) is 50.5 Å². The lowest BCUT2D eigenvalue weighted by atomic mass is 9.95. The van der Waals surface area contributed by atoms with Crippen molar-refractivity contribution in [1.29, 1.82) is 0 Å². The Bertz CT molecular complexity index is 320. The van der Waals surface area contributed by atoms with E-state index in [4.69, 9.17) is 0 Å². The summed E-state index contributed by atoms with van der Waals surface area (Å²) in [6.07, 6.45) is 9.84. The first kappa shape index (κ1) is 14.1. The molecule has 0 radical (unpaired) electrons. The van der Waals surface area contributed by atoms with Gasteiger partial charge in [-0.25, -0.2) is 0 Å². The number of thiophene rings is 1. The Balaban J connectivity index is 1.79. The van der Waals surface area contributed by atoms with E-state index in [0.717, 1.165) is 12.0 Å². The maximum atomic E-state index is 3.83. The van der Waals surface area contributed by atoms with Gasteiger partial charge in [-0.2, -0.15) is 11.3 Å². The maximum absolute atomic E-state index is 3.83. The summed E-state index contributed by atoms with van der Waals surface area (Å²) in [5.74, 6) is 0.998. The first-order valence-corrected chi connectivity index (χ1v) is 8.52. The Morgan fingerprint density at radius 3 is 2.94 bits per heavy atom. The van der Waals surface area contributed by atoms with Crippen molar-refractivity contribution >= 4 is 11.3 Å². The molecule has 1 fully saturated rings. The minimum atomic E-state index is 0.518. The SMILES string of the molecule is CCCC1CCCC(NC(C)c2ccsc2)CC1. The van der Waals surface area contributed by atoms with Gasteiger partial charge in [-0.1, -0.05) is 32.6 Å². The second-order valence-electron chi connectivity index (χ2n) is 5.80. The van der Waals surface area contributed by atoms with Crippen LogP contribution in [0.2, 0.25) is 0 Å². The number of hydrogen-bond acceptors (Lipinski definition) is 2. The first-order chi connectivity index (χ1) is 8.79. The molecular formula is C16H27NS. The summed E-state index contributed by atoms with van der Waals surface area (Å²) >= 11 is 1.80. The van der Waals surface area contributed by atoms with Gasteiger partial charge in [0.2, 0.25) is 0 Å². The Morgan fingerprint density at radius 1 is 1.33 bits per heavy atom. The first-order valence-electron chi connectivity index (χ1n) is 7.57. The lowest BCUT2D eigenvalue weighted by molar-refractivity contribution is 0.393. The highest BCUT2D eigenvalue weighted by molar-refractivity contribution is 7.07. The Labute approximate surface area is 116 Å². The summed E-state index contributed by atoms with van der Waals surface area (Å²) < 4.78 is 0. The van der Waals surface area contributed by atoms with E-state index in [9.17, 15) is 0 Å². The standard InChI is InChI=1S/C16H27NS/c1-3-5-14-6-4-7-16(9-8-14)17-13(2)15-10-11-18-12-15/h10-14,16-17H,3-9H2,1-2H3. The van der Waals surface area contributed by atoms with Crippen molar-refractivity contribution < 1.29 is 0 Å². The normalized spacial score (nSPS) is 26.8. The summed E-state index contributed by atoms with van der Waals surface area (Å²) in [6, 6.07) is 3.50. The van der Waals surface area contributed by atoms with Crippen LogP contribution in [0.3, 0.4) is 0 Å². The third-order valence-corrected chi connectivity index (χ3v) is 5.02. The summed E-state index contributed by atoms with van der Waals surface area (Å²) in [5.41, 5.74) is 1.45. The monoisotopic (exact) mass is 265 g/mol. The zero-order valence-electron chi connectivity index (χ0n) is 11.8. The predicted molar refractivity (Wildman–Crippen MR) is 81.1 cm³/mol. The highest BCUT2D eigenvalue weighted by Gasteiger charge is 2.19. The van der Waals surface area contributed by atoms with Gasteiger partial charge in [-0.15, -0.1) is 0 Å². The number of nitrogens with one attached hydrogen (secondary N) is 1. The second-order valence-corrected chi connectivity index (χ2v) is 6.58. The van der Waals surface area contributed by atoms with Gasteiger partial charge in [0.1, 0.15) is 0 Å². The third kappa shape index (κ3) is 4.10. The molecule has 102 valence electrons. The van der Waals surface area contributed by atoms with Gasteiger partial charge >= 0.3 is 0 Å². The molecule has 1 aromatic heterocycles. The third-order valence-electron chi connectivity index (χ3n) is 4.31. The molecule has 3 unspecified atom stereocenters. The zero-order chi connectivity index (χ0) is 12.8. The molecule has 1 saturated carbocycles. The fourth-order valence-corrected chi connectivity index (χ4v) is 3.97. The Hall–Kier alpha value is -0.340. The quantitative estimate of drug-likeness (QED) is 0.726. The summed E-state index contributed by atoms with van der Waals surface area (Å²) in [4.78, 5) is 0. The van der Waals surface area contributed by atoms with Gasteiger partial charge < -0.3 is 5.32 Å². The van der Waals surface area contributed by atoms with Crippen LogP contribution in [-0.4, -0.2) is 6.04 Å².